The van der Waals surface area contributed by atoms with Gasteiger partial charge >= 0.3 is 6.03 Å². The molecule has 1 aliphatic rings. The number of amides is 2. The molecule has 1 saturated heterocycles. The molecule has 3 rings (SSSR count). The number of morpholine rings is 1. The molecule has 2 aromatic carbocycles. The van der Waals surface area contributed by atoms with Crippen LogP contribution < -0.4 is 15.4 Å². The fourth-order valence-electron chi connectivity index (χ4n) is 3.28. The second-order valence-corrected chi connectivity index (χ2v) is 6.82. The van der Waals surface area contributed by atoms with Crippen molar-refractivity contribution in [1.29, 1.82) is 0 Å². The van der Waals surface area contributed by atoms with Gasteiger partial charge in [-0.2, -0.15) is 0 Å². The van der Waals surface area contributed by atoms with Crippen LogP contribution in [0.1, 0.15) is 12.8 Å². The van der Waals surface area contributed by atoms with E-state index >= 15 is 0 Å². The van der Waals surface area contributed by atoms with Gasteiger partial charge in [0.1, 0.15) is 5.75 Å². The molecule has 1 aliphatic heterocycles. The maximum absolute atomic E-state index is 12.1. The van der Waals surface area contributed by atoms with E-state index in [2.05, 4.69) is 15.5 Å². The molecule has 0 unspecified atom stereocenters. The Morgan fingerprint density at radius 2 is 1.82 bits per heavy atom. The summed E-state index contributed by atoms with van der Waals surface area (Å²) in [4.78, 5) is 14.5. The summed E-state index contributed by atoms with van der Waals surface area (Å²) in [6, 6.07) is 15.5. The third-order valence-electron chi connectivity index (χ3n) is 4.85. The number of benzene rings is 2. The van der Waals surface area contributed by atoms with E-state index in [1.54, 1.807) is 7.11 Å². The maximum Gasteiger partial charge on any atom is 0.319 e. The zero-order valence-corrected chi connectivity index (χ0v) is 16.4. The van der Waals surface area contributed by atoms with Crippen LogP contribution in [-0.2, 0) is 4.74 Å². The number of para-hydroxylation sites is 1. The summed E-state index contributed by atoms with van der Waals surface area (Å²) in [6.45, 7) is 5.43. The van der Waals surface area contributed by atoms with Crippen LogP contribution in [0.15, 0.2) is 48.5 Å². The fraction of sp³-hybridized carbons (Fsp3) is 0.409. The monoisotopic (exact) mass is 383 g/mol. The summed E-state index contributed by atoms with van der Waals surface area (Å²) < 4.78 is 10.8. The smallest absolute Gasteiger partial charge is 0.319 e. The fourth-order valence-corrected chi connectivity index (χ4v) is 3.28. The molecular weight excluding hydrogens is 354 g/mol. The van der Waals surface area contributed by atoms with Crippen LogP contribution in [0, 0.1) is 0 Å². The highest BCUT2D eigenvalue weighted by molar-refractivity contribution is 5.89. The van der Waals surface area contributed by atoms with Crippen molar-refractivity contribution in [2.24, 2.45) is 0 Å². The van der Waals surface area contributed by atoms with Crippen LogP contribution in [0.5, 0.6) is 5.75 Å². The van der Waals surface area contributed by atoms with Crippen LogP contribution in [0.4, 0.5) is 10.5 Å². The molecule has 0 aliphatic carbocycles. The Hall–Kier alpha value is -2.57. The van der Waals surface area contributed by atoms with Crippen LogP contribution in [0.3, 0.4) is 0 Å². The summed E-state index contributed by atoms with van der Waals surface area (Å²) in [5.74, 6) is 0.832. The van der Waals surface area contributed by atoms with Crippen molar-refractivity contribution in [3.63, 3.8) is 0 Å². The van der Waals surface area contributed by atoms with Gasteiger partial charge in [-0.15, -0.1) is 0 Å². The van der Waals surface area contributed by atoms with Crippen molar-refractivity contribution in [2.75, 3.05) is 51.8 Å². The average molecular weight is 383 g/mol. The molecule has 6 heteroatoms. The van der Waals surface area contributed by atoms with Crippen LogP contribution in [0.2, 0.25) is 0 Å². The van der Waals surface area contributed by atoms with Gasteiger partial charge in [-0.05, 0) is 43.1 Å². The summed E-state index contributed by atoms with van der Waals surface area (Å²) in [5.41, 5.74) is 2.84. The lowest BCUT2D eigenvalue weighted by Crippen LogP contribution is -2.37. The first kappa shape index (κ1) is 20.2. The van der Waals surface area contributed by atoms with E-state index in [-0.39, 0.29) is 6.03 Å². The van der Waals surface area contributed by atoms with Crippen LogP contribution in [-0.4, -0.2) is 57.4 Å². The molecule has 0 spiro atoms. The number of methoxy groups -OCH3 is 1. The summed E-state index contributed by atoms with van der Waals surface area (Å²) >= 11 is 0. The standard InChI is InChI=1S/C22H29N3O3/c1-27-21-7-3-2-6-20(21)18-8-10-19(11-9-18)24-22(26)23-12-4-5-13-25-14-16-28-17-15-25/h2-3,6-11H,4-5,12-17H2,1H3,(H2,23,24,26). The second kappa shape index (κ2) is 10.7. The molecule has 150 valence electrons. The number of nitrogens with one attached hydrogen (secondary N) is 2. The van der Waals surface area contributed by atoms with Crippen molar-refractivity contribution in [3.8, 4) is 16.9 Å². The lowest BCUT2D eigenvalue weighted by Gasteiger charge is -2.26. The van der Waals surface area contributed by atoms with Gasteiger partial charge in [0.15, 0.2) is 0 Å². The highest BCUT2D eigenvalue weighted by atomic mass is 16.5. The quantitative estimate of drug-likeness (QED) is 0.684. The van der Waals surface area contributed by atoms with Crippen molar-refractivity contribution in [2.45, 2.75) is 12.8 Å². The van der Waals surface area contributed by atoms with Gasteiger partial charge in [0, 0.05) is 30.9 Å². The SMILES string of the molecule is COc1ccccc1-c1ccc(NC(=O)NCCCCN2CCOCC2)cc1. The highest BCUT2D eigenvalue weighted by Gasteiger charge is 2.09. The third kappa shape index (κ3) is 5.97. The van der Waals surface area contributed by atoms with Gasteiger partial charge in [0.25, 0.3) is 0 Å². The van der Waals surface area contributed by atoms with Gasteiger partial charge in [-0.3, -0.25) is 4.90 Å². The van der Waals surface area contributed by atoms with E-state index in [1.807, 2.05) is 48.5 Å². The molecule has 0 radical (unpaired) electrons. The van der Waals surface area contributed by atoms with Gasteiger partial charge < -0.3 is 20.1 Å². The average Bonchev–Trinajstić information content (AvgIpc) is 2.75. The number of unbranched alkanes of at least 4 members (excludes halogenated alkanes) is 1. The predicted octanol–water partition coefficient (Wildman–Crippen LogP) is 3.60. The Bertz CT molecular complexity index is 743. The first-order valence-electron chi connectivity index (χ1n) is 9.84. The number of hydrogen-bond acceptors (Lipinski definition) is 4. The Balaban J connectivity index is 1.39. The molecule has 6 nitrogen and oxygen atoms in total. The Labute approximate surface area is 166 Å². The Morgan fingerprint density at radius 3 is 2.57 bits per heavy atom. The van der Waals surface area contributed by atoms with Gasteiger partial charge in [-0.25, -0.2) is 4.79 Å². The van der Waals surface area contributed by atoms with Gasteiger partial charge in [-0.1, -0.05) is 30.3 Å². The number of nitrogens with zero attached hydrogens (tertiary/aromatic N) is 1. The van der Waals surface area contributed by atoms with Crippen LogP contribution in [0.25, 0.3) is 11.1 Å². The molecule has 1 fully saturated rings. The van der Waals surface area contributed by atoms with E-state index in [1.165, 1.54) is 0 Å². The normalized spacial score (nSPS) is 14.5. The molecule has 2 N–H and O–H groups in total. The Morgan fingerprint density at radius 1 is 1.07 bits per heavy atom. The zero-order chi connectivity index (χ0) is 19.6. The number of rotatable bonds is 8. The van der Waals surface area contributed by atoms with Crippen molar-refractivity contribution < 1.29 is 14.3 Å². The van der Waals surface area contributed by atoms with Gasteiger partial charge in [0.2, 0.25) is 0 Å². The maximum atomic E-state index is 12.1. The largest absolute Gasteiger partial charge is 0.496 e. The van der Waals surface area contributed by atoms with Gasteiger partial charge in [0.05, 0.1) is 20.3 Å². The summed E-state index contributed by atoms with van der Waals surface area (Å²) in [7, 11) is 1.67. The van der Waals surface area contributed by atoms with Crippen LogP contribution >= 0.6 is 0 Å². The highest BCUT2D eigenvalue weighted by Crippen LogP contribution is 2.30. The third-order valence-corrected chi connectivity index (χ3v) is 4.85. The lowest BCUT2D eigenvalue weighted by atomic mass is 10.0. The number of anilines is 1. The van der Waals surface area contributed by atoms with E-state index in [0.717, 1.165) is 68.3 Å². The topological polar surface area (TPSA) is 62.8 Å². The first-order chi connectivity index (χ1) is 13.8. The van der Waals surface area contributed by atoms with E-state index in [4.69, 9.17) is 9.47 Å². The minimum atomic E-state index is -0.170. The molecule has 2 aromatic rings. The number of carbonyl (C=O) groups excluding carboxylic acids is 1. The van der Waals surface area contributed by atoms with Crippen molar-refractivity contribution in [3.05, 3.63) is 48.5 Å². The first-order valence-corrected chi connectivity index (χ1v) is 9.84. The summed E-state index contributed by atoms with van der Waals surface area (Å²) in [5, 5.41) is 5.80. The van der Waals surface area contributed by atoms with E-state index in [0.29, 0.717) is 6.54 Å². The van der Waals surface area contributed by atoms with E-state index < -0.39 is 0 Å². The minimum Gasteiger partial charge on any atom is -0.496 e. The number of ether oxygens (including phenoxy) is 2. The molecule has 28 heavy (non-hydrogen) atoms. The Kier molecular flexibility index (Phi) is 7.70. The molecule has 0 saturated carbocycles. The van der Waals surface area contributed by atoms with Crippen molar-refractivity contribution >= 4 is 11.7 Å². The second-order valence-electron chi connectivity index (χ2n) is 6.82. The van der Waals surface area contributed by atoms with E-state index in [9.17, 15) is 4.79 Å². The molecule has 0 bridgehead atoms. The molecule has 1 heterocycles. The predicted molar refractivity (Wildman–Crippen MR) is 112 cm³/mol. The minimum absolute atomic E-state index is 0.170. The van der Waals surface area contributed by atoms with Crippen molar-refractivity contribution in [1.82, 2.24) is 10.2 Å². The zero-order valence-electron chi connectivity index (χ0n) is 16.4. The lowest BCUT2D eigenvalue weighted by molar-refractivity contribution is 0.0372. The number of hydrogen-bond donors (Lipinski definition) is 2. The summed E-state index contributed by atoms with van der Waals surface area (Å²) in [6.07, 6.45) is 2.05. The molecule has 0 atom stereocenters. The molecule has 0 aromatic heterocycles. The number of urea groups is 1. The molecule has 2 amide bonds. The molecular formula is C22H29N3O3. The number of carbonyl (C=O) groups is 1.